The first-order valence-corrected chi connectivity index (χ1v) is 10.1. The van der Waals surface area contributed by atoms with Gasteiger partial charge in [-0.3, -0.25) is 4.99 Å². The SMILES string of the molecule is CC(C)N=C(c1cccs1)N(Cc1ccccc1)C1CCN(C)CC1.Cl. The summed E-state index contributed by atoms with van der Waals surface area (Å²) in [6.45, 7) is 7.59. The molecular formula is C21H30ClN3S. The van der Waals surface area contributed by atoms with E-state index in [-0.39, 0.29) is 12.4 Å². The average molecular weight is 392 g/mol. The van der Waals surface area contributed by atoms with Gasteiger partial charge in [-0.2, -0.15) is 0 Å². The predicted molar refractivity (Wildman–Crippen MR) is 116 cm³/mol. The lowest BCUT2D eigenvalue weighted by atomic mass is 10.0. The van der Waals surface area contributed by atoms with Crippen LogP contribution in [0.4, 0.5) is 0 Å². The Morgan fingerprint density at radius 3 is 2.42 bits per heavy atom. The standard InChI is InChI=1S/C21H29N3S.ClH/c1-17(2)22-21(20-10-7-15-25-20)24(16-18-8-5-4-6-9-18)19-11-13-23(3)14-12-19;/h4-10,15,17,19H,11-14,16H2,1-3H3;1H. The van der Waals surface area contributed by atoms with Gasteiger partial charge in [0.2, 0.25) is 0 Å². The molecule has 1 aliphatic heterocycles. The number of hydrogen-bond acceptors (Lipinski definition) is 3. The normalized spacial score (nSPS) is 16.5. The van der Waals surface area contributed by atoms with Gasteiger partial charge < -0.3 is 9.80 Å². The van der Waals surface area contributed by atoms with Crippen LogP contribution in [-0.2, 0) is 6.54 Å². The molecule has 0 radical (unpaired) electrons. The van der Waals surface area contributed by atoms with Gasteiger partial charge in [-0.05, 0) is 63.8 Å². The molecule has 0 bridgehead atoms. The van der Waals surface area contributed by atoms with Gasteiger partial charge in [0.05, 0.1) is 4.88 Å². The lowest BCUT2D eigenvalue weighted by Gasteiger charge is -2.39. The molecule has 0 unspecified atom stereocenters. The number of hydrogen-bond donors (Lipinski definition) is 0. The lowest BCUT2D eigenvalue weighted by Crippen LogP contribution is -2.46. The molecule has 0 spiro atoms. The van der Waals surface area contributed by atoms with Crippen molar-refractivity contribution < 1.29 is 0 Å². The summed E-state index contributed by atoms with van der Waals surface area (Å²) in [5.41, 5.74) is 1.36. The highest BCUT2D eigenvalue weighted by Crippen LogP contribution is 2.24. The number of thiophene rings is 1. The minimum absolute atomic E-state index is 0. The van der Waals surface area contributed by atoms with Crippen LogP contribution < -0.4 is 0 Å². The number of nitrogens with zero attached hydrogens (tertiary/aromatic N) is 3. The van der Waals surface area contributed by atoms with E-state index in [9.17, 15) is 0 Å². The van der Waals surface area contributed by atoms with Crippen molar-refractivity contribution in [1.29, 1.82) is 0 Å². The quantitative estimate of drug-likeness (QED) is 0.532. The molecule has 0 N–H and O–H groups in total. The number of amidine groups is 1. The molecule has 142 valence electrons. The molecule has 5 heteroatoms. The maximum Gasteiger partial charge on any atom is 0.141 e. The van der Waals surface area contributed by atoms with E-state index in [1.807, 2.05) is 0 Å². The van der Waals surface area contributed by atoms with E-state index in [1.165, 1.54) is 29.1 Å². The molecule has 1 aliphatic rings. The first kappa shape index (κ1) is 20.9. The first-order valence-electron chi connectivity index (χ1n) is 9.24. The number of halogens is 1. The fourth-order valence-corrected chi connectivity index (χ4v) is 4.13. The van der Waals surface area contributed by atoms with Crippen molar-refractivity contribution in [2.45, 2.75) is 45.3 Å². The molecule has 1 saturated heterocycles. The third-order valence-corrected chi connectivity index (χ3v) is 5.58. The summed E-state index contributed by atoms with van der Waals surface area (Å²) in [6.07, 6.45) is 2.40. The second-order valence-electron chi connectivity index (χ2n) is 7.17. The molecular weight excluding hydrogens is 362 g/mol. The van der Waals surface area contributed by atoms with Crippen LogP contribution in [0, 0.1) is 0 Å². The summed E-state index contributed by atoms with van der Waals surface area (Å²) >= 11 is 1.79. The van der Waals surface area contributed by atoms with E-state index in [1.54, 1.807) is 11.3 Å². The van der Waals surface area contributed by atoms with Crippen molar-refractivity contribution in [3.8, 4) is 0 Å². The Hall–Kier alpha value is -1.36. The van der Waals surface area contributed by atoms with E-state index < -0.39 is 0 Å². The second-order valence-corrected chi connectivity index (χ2v) is 8.12. The fourth-order valence-electron chi connectivity index (χ4n) is 3.39. The summed E-state index contributed by atoms with van der Waals surface area (Å²) in [5.74, 6) is 1.17. The number of benzene rings is 1. The highest BCUT2D eigenvalue weighted by molar-refractivity contribution is 7.12. The molecule has 0 aliphatic carbocycles. The van der Waals surface area contributed by atoms with Crippen LogP contribution in [0.15, 0.2) is 52.8 Å². The minimum atomic E-state index is 0. The number of likely N-dealkylation sites (tertiary alicyclic amines) is 1. The average Bonchev–Trinajstić information content (AvgIpc) is 3.14. The molecule has 3 rings (SSSR count). The number of piperidine rings is 1. The largest absolute Gasteiger partial charge is 0.348 e. The molecule has 1 aromatic carbocycles. The topological polar surface area (TPSA) is 18.8 Å². The van der Waals surface area contributed by atoms with Crippen molar-refractivity contribution in [3.05, 3.63) is 58.3 Å². The summed E-state index contributed by atoms with van der Waals surface area (Å²) < 4.78 is 0. The van der Waals surface area contributed by atoms with E-state index in [4.69, 9.17) is 4.99 Å². The van der Waals surface area contributed by atoms with Crippen LogP contribution in [0.3, 0.4) is 0 Å². The first-order chi connectivity index (χ1) is 12.1. The number of rotatable bonds is 5. The van der Waals surface area contributed by atoms with Gasteiger partial charge in [0, 0.05) is 18.6 Å². The Morgan fingerprint density at radius 1 is 1.15 bits per heavy atom. The van der Waals surface area contributed by atoms with Crippen LogP contribution in [0.25, 0.3) is 0 Å². The van der Waals surface area contributed by atoms with Gasteiger partial charge in [0.25, 0.3) is 0 Å². The summed E-state index contributed by atoms with van der Waals surface area (Å²) in [7, 11) is 2.22. The molecule has 1 aromatic heterocycles. The molecule has 0 atom stereocenters. The van der Waals surface area contributed by atoms with Crippen LogP contribution in [-0.4, -0.2) is 47.9 Å². The highest BCUT2D eigenvalue weighted by Gasteiger charge is 2.27. The van der Waals surface area contributed by atoms with Crippen LogP contribution in [0.2, 0.25) is 0 Å². The van der Waals surface area contributed by atoms with Crippen molar-refractivity contribution in [1.82, 2.24) is 9.80 Å². The summed E-state index contributed by atoms with van der Waals surface area (Å²) in [5, 5.41) is 2.15. The smallest absolute Gasteiger partial charge is 0.141 e. The van der Waals surface area contributed by atoms with Crippen molar-refractivity contribution in [2.24, 2.45) is 4.99 Å². The maximum absolute atomic E-state index is 5.05. The molecule has 2 aromatic rings. The van der Waals surface area contributed by atoms with E-state index in [0.717, 1.165) is 19.6 Å². The van der Waals surface area contributed by atoms with E-state index in [0.29, 0.717) is 12.1 Å². The summed E-state index contributed by atoms with van der Waals surface area (Å²) in [4.78, 5) is 11.3. The van der Waals surface area contributed by atoms with Crippen LogP contribution in [0.1, 0.15) is 37.1 Å². The predicted octanol–water partition coefficient (Wildman–Crippen LogP) is 4.92. The van der Waals surface area contributed by atoms with Crippen LogP contribution in [0.5, 0.6) is 0 Å². The second kappa shape index (κ2) is 10.1. The Labute approximate surface area is 168 Å². The van der Waals surface area contributed by atoms with Gasteiger partial charge in [-0.25, -0.2) is 0 Å². The van der Waals surface area contributed by atoms with Crippen LogP contribution >= 0.6 is 23.7 Å². The molecule has 1 fully saturated rings. The fraction of sp³-hybridized carbons (Fsp3) is 0.476. The van der Waals surface area contributed by atoms with Crippen molar-refractivity contribution in [3.63, 3.8) is 0 Å². The van der Waals surface area contributed by atoms with Gasteiger partial charge in [-0.15, -0.1) is 23.7 Å². The molecule has 0 saturated carbocycles. The Kier molecular flexibility index (Phi) is 8.14. The van der Waals surface area contributed by atoms with Crippen molar-refractivity contribution in [2.75, 3.05) is 20.1 Å². The third kappa shape index (κ3) is 5.57. The van der Waals surface area contributed by atoms with Gasteiger partial charge >= 0.3 is 0 Å². The van der Waals surface area contributed by atoms with Gasteiger partial charge in [0.15, 0.2) is 0 Å². The highest BCUT2D eigenvalue weighted by atomic mass is 35.5. The molecule has 0 amide bonds. The zero-order valence-corrected chi connectivity index (χ0v) is 17.6. The van der Waals surface area contributed by atoms with Gasteiger partial charge in [-0.1, -0.05) is 36.4 Å². The summed E-state index contributed by atoms with van der Waals surface area (Å²) in [6, 6.07) is 16.0. The maximum atomic E-state index is 5.05. The van der Waals surface area contributed by atoms with E-state index >= 15 is 0 Å². The zero-order valence-electron chi connectivity index (χ0n) is 16.0. The minimum Gasteiger partial charge on any atom is -0.348 e. The monoisotopic (exact) mass is 391 g/mol. The third-order valence-electron chi connectivity index (χ3n) is 4.72. The Morgan fingerprint density at radius 2 is 1.85 bits per heavy atom. The lowest BCUT2D eigenvalue weighted by molar-refractivity contribution is 0.172. The van der Waals surface area contributed by atoms with E-state index in [2.05, 4.69) is 78.5 Å². The Balaban J connectivity index is 0.00000243. The zero-order chi connectivity index (χ0) is 17.6. The van der Waals surface area contributed by atoms with Crippen molar-refractivity contribution >= 4 is 29.6 Å². The molecule has 26 heavy (non-hydrogen) atoms. The Bertz CT molecular complexity index is 662. The number of aliphatic imine (C=N–C) groups is 1. The molecule has 3 nitrogen and oxygen atoms in total. The van der Waals surface area contributed by atoms with Gasteiger partial charge in [0.1, 0.15) is 5.84 Å². The molecule has 2 heterocycles.